The fourth-order valence-corrected chi connectivity index (χ4v) is 4.56. The highest BCUT2D eigenvalue weighted by atomic mass is 127. The standard InChI is InChI=1S/C28H25IN4O5/c1-18-4-5-19(2)33(18)21-6-8-22(9-7-21)37-17-23-10-11-25(38-23)28(34)32-31-16-20-14-24(29)27(36-13-12-30)26(15-20)35-3/h4-11,14-16H,13,17H2,1-3H3,(H,32,34)/b31-16+. The van der Waals surface area contributed by atoms with Crippen LogP contribution in [0.15, 0.2) is 70.2 Å². The molecule has 0 atom stereocenters. The number of nitrogens with one attached hydrogen (secondary N) is 1. The molecule has 9 nitrogen and oxygen atoms in total. The summed E-state index contributed by atoms with van der Waals surface area (Å²) in [6, 6.07) is 20.6. The van der Waals surface area contributed by atoms with E-state index in [4.69, 9.17) is 23.9 Å². The summed E-state index contributed by atoms with van der Waals surface area (Å²) < 4.78 is 25.1. The first-order chi connectivity index (χ1) is 18.4. The Kier molecular flexibility index (Phi) is 8.70. The third kappa shape index (κ3) is 6.36. The number of rotatable bonds is 10. The molecule has 1 amide bonds. The number of aromatic nitrogens is 1. The number of amides is 1. The van der Waals surface area contributed by atoms with E-state index in [-0.39, 0.29) is 19.0 Å². The molecule has 4 rings (SSSR count). The summed E-state index contributed by atoms with van der Waals surface area (Å²) in [6.07, 6.45) is 1.48. The number of carbonyl (C=O) groups excluding carboxylic acids is 1. The third-order valence-corrected chi connectivity index (χ3v) is 6.35. The lowest BCUT2D eigenvalue weighted by atomic mass is 10.2. The van der Waals surface area contributed by atoms with Gasteiger partial charge in [-0.05, 0) is 103 Å². The molecule has 1 N–H and O–H groups in total. The lowest BCUT2D eigenvalue weighted by Gasteiger charge is -2.11. The Hall–Kier alpha value is -4.24. The van der Waals surface area contributed by atoms with E-state index in [1.165, 1.54) is 13.3 Å². The molecule has 38 heavy (non-hydrogen) atoms. The van der Waals surface area contributed by atoms with Gasteiger partial charge < -0.3 is 23.2 Å². The number of hydrogen-bond donors (Lipinski definition) is 1. The number of hydrogen-bond acceptors (Lipinski definition) is 7. The monoisotopic (exact) mass is 624 g/mol. The Balaban J connectivity index is 1.32. The maximum atomic E-state index is 12.5. The van der Waals surface area contributed by atoms with Crippen LogP contribution in [0, 0.1) is 28.7 Å². The molecule has 0 radical (unpaired) electrons. The van der Waals surface area contributed by atoms with E-state index in [0.717, 1.165) is 20.6 Å². The maximum Gasteiger partial charge on any atom is 0.307 e. The van der Waals surface area contributed by atoms with Gasteiger partial charge in [0, 0.05) is 17.1 Å². The second-order valence-electron chi connectivity index (χ2n) is 8.18. The summed E-state index contributed by atoms with van der Waals surface area (Å²) in [7, 11) is 1.51. The van der Waals surface area contributed by atoms with Crippen LogP contribution in [0.2, 0.25) is 0 Å². The number of carbonyl (C=O) groups is 1. The number of halogens is 1. The molecule has 0 spiro atoms. The molecule has 2 aromatic heterocycles. The predicted molar refractivity (Wildman–Crippen MR) is 150 cm³/mol. The molecule has 2 aromatic carbocycles. The maximum absolute atomic E-state index is 12.5. The van der Waals surface area contributed by atoms with Crippen LogP contribution in [0.3, 0.4) is 0 Å². The van der Waals surface area contributed by atoms with E-state index in [1.54, 1.807) is 24.3 Å². The molecule has 0 saturated carbocycles. The lowest BCUT2D eigenvalue weighted by Crippen LogP contribution is -2.16. The molecular weight excluding hydrogens is 599 g/mol. The summed E-state index contributed by atoms with van der Waals surface area (Å²) >= 11 is 2.08. The fourth-order valence-electron chi connectivity index (χ4n) is 3.78. The molecule has 194 valence electrons. The fraction of sp³-hybridized carbons (Fsp3) is 0.179. The highest BCUT2D eigenvalue weighted by molar-refractivity contribution is 14.1. The van der Waals surface area contributed by atoms with Crippen LogP contribution >= 0.6 is 22.6 Å². The van der Waals surface area contributed by atoms with Crippen LogP contribution in [0.1, 0.15) is 33.3 Å². The molecule has 0 fully saturated rings. The molecule has 0 unspecified atom stereocenters. The minimum absolute atomic E-state index is 0.0911. The number of nitrogens with zero attached hydrogens (tertiary/aromatic N) is 3. The van der Waals surface area contributed by atoms with Crippen molar-refractivity contribution in [1.82, 2.24) is 9.99 Å². The normalized spacial score (nSPS) is 10.8. The van der Waals surface area contributed by atoms with Gasteiger partial charge in [0.1, 0.15) is 24.2 Å². The number of ether oxygens (including phenoxy) is 3. The van der Waals surface area contributed by atoms with Gasteiger partial charge in [0.25, 0.3) is 0 Å². The average molecular weight is 624 g/mol. The second-order valence-corrected chi connectivity index (χ2v) is 9.34. The van der Waals surface area contributed by atoms with E-state index < -0.39 is 5.91 Å². The van der Waals surface area contributed by atoms with Crippen molar-refractivity contribution >= 4 is 34.7 Å². The highest BCUT2D eigenvalue weighted by Gasteiger charge is 2.13. The topological polar surface area (TPSA) is 111 Å². The van der Waals surface area contributed by atoms with Crippen LogP contribution in [0.25, 0.3) is 5.69 Å². The smallest absolute Gasteiger partial charge is 0.307 e. The predicted octanol–water partition coefficient (Wildman–Crippen LogP) is 5.55. The lowest BCUT2D eigenvalue weighted by molar-refractivity contribution is 0.0923. The Morgan fingerprint density at radius 3 is 2.53 bits per heavy atom. The molecule has 0 aliphatic heterocycles. The van der Waals surface area contributed by atoms with Gasteiger partial charge in [0.05, 0.1) is 16.9 Å². The van der Waals surface area contributed by atoms with E-state index >= 15 is 0 Å². The Bertz CT molecular complexity index is 1480. The van der Waals surface area contributed by atoms with Crippen molar-refractivity contribution in [2.75, 3.05) is 13.7 Å². The molecule has 0 aliphatic carbocycles. The first kappa shape index (κ1) is 26.8. The number of benzene rings is 2. The van der Waals surface area contributed by atoms with Crippen molar-refractivity contribution in [3.8, 4) is 29.0 Å². The van der Waals surface area contributed by atoms with Gasteiger partial charge >= 0.3 is 5.91 Å². The Labute approximate surface area is 233 Å². The Morgan fingerprint density at radius 1 is 1.11 bits per heavy atom. The summed E-state index contributed by atoms with van der Waals surface area (Å²) in [5, 5.41) is 12.7. The molecule has 0 saturated heterocycles. The zero-order valence-corrected chi connectivity index (χ0v) is 23.2. The quantitative estimate of drug-likeness (QED) is 0.141. The van der Waals surface area contributed by atoms with Gasteiger partial charge in [-0.25, -0.2) is 5.43 Å². The zero-order chi connectivity index (χ0) is 27.1. The summed E-state index contributed by atoms with van der Waals surface area (Å²) in [6.45, 7) is 4.22. The number of nitriles is 1. The molecule has 2 heterocycles. The van der Waals surface area contributed by atoms with E-state index in [0.29, 0.717) is 28.6 Å². The number of methoxy groups -OCH3 is 1. The van der Waals surface area contributed by atoms with Crippen LogP contribution < -0.4 is 19.6 Å². The van der Waals surface area contributed by atoms with Crippen molar-refractivity contribution in [2.24, 2.45) is 5.10 Å². The minimum Gasteiger partial charge on any atom is -0.493 e. The van der Waals surface area contributed by atoms with Crippen LogP contribution in [0.5, 0.6) is 17.2 Å². The van der Waals surface area contributed by atoms with Crippen molar-refractivity contribution in [3.63, 3.8) is 0 Å². The van der Waals surface area contributed by atoms with Gasteiger partial charge in [-0.1, -0.05) is 0 Å². The first-order valence-electron chi connectivity index (χ1n) is 11.6. The zero-order valence-electron chi connectivity index (χ0n) is 21.0. The molecule has 10 heteroatoms. The third-order valence-electron chi connectivity index (χ3n) is 5.55. The first-order valence-corrected chi connectivity index (χ1v) is 12.6. The van der Waals surface area contributed by atoms with Crippen LogP contribution in [-0.4, -0.2) is 30.4 Å². The van der Waals surface area contributed by atoms with Gasteiger partial charge in [0.2, 0.25) is 0 Å². The van der Waals surface area contributed by atoms with Gasteiger partial charge in [-0.15, -0.1) is 0 Å². The van der Waals surface area contributed by atoms with Crippen LogP contribution in [0.4, 0.5) is 0 Å². The number of furan rings is 1. The SMILES string of the molecule is COc1cc(/C=N/NC(=O)c2ccc(COc3ccc(-n4c(C)ccc4C)cc3)o2)cc(I)c1OCC#N. The number of aryl methyl sites for hydroxylation is 2. The van der Waals surface area contributed by atoms with Gasteiger partial charge in [-0.2, -0.15) is 10.4 Å². The van der Waals surface area contributed by atoms with E-state index in [2.05, 4.69) is 63.7 Å². The molecule has 0 aliphatic rings. The largest absolute Gasteiger partial charge is 0.493 e. The second kappa shape index (κ2) is 12.3. The minimum atomic E-state index is -0.495. The van der Waals surface area contributed by atoms with Crippen molar-refractivity contribution in [3.05, 3.63) is 92.7 Å². The van der Waals surface area contributed by atoms with Crippen molar-refractivity contribution in [2.45, 2.75) is 20.5 Å². The molecular formula is C28H25IN4O5. The summed E-state index contributed by atoms with van der Waals surface area (Å²) in [4.78, 5) is 12.5. The van der Waals surface area contributed by atoms with E-state index in [9.17, 15) is 4.79 Å². The number of hydrazone groups is 1. The van der Waals surface area contributed by atoms with E-state index in [1.807, 2.05) is 30.3 Å². The summed E-state index contributed by atoms with van der Waals surface area (Å²) in [5.41, 5.74) is 6.51. The summed E-state index contributed by atoms with van der Waals surface area (Å²) in [5.74, 6) is 1.75. The van der Waals surface area contributed by atoms with Crippen LogP contribution in [-0.2, 0) is 6.61 Å². The van der Waals surface area contributed by atoms with Gasteiger partial charge in [-0.3, -0.25) is 4.79 Å². The molecule has 4 aromatic rings. The van der Waals surface area contributed by atoms with Crippen molar-refractivity contribution < 1.29 is 23.4 Å². The Morgan fingerprint density at radius 2 is 1.84 bits per heavy atom. The molecule has 0 bridgehead atoms. The van der Waals surface area contributed by atoms with Crippen molar-refractivity contribution in [1.29, 1.82) is 5.26 Å². The average Bonchev–Trinajstić information content (AvgIpc) is 3.53. The highest BCUT2D eigenvalue weighted by Crippen LogP contribution is 2.33. The van der Waals surface area contributed by atoms with Gasteiger partial charge in [0.15, 0.2) is 23.9 Å².